The number of alkyl halides is 3. The van der Waals surface area contributed by atoms with E-state index < -0.39 is 22.7 Å². The Bertz CT molecular complexity index is 1060. The molecule has 0 spiro atoms. The van der Waals surface area contributed by atoms with Gasteiger partial charge in [0.15, 0.2) is 0 Å². The second-order valence-corrected chi connectivity index (χ2v) is 7.46. The zero-order valence-electron chi connectivity index (χ0n) is 16.2. The maximum atomic E-state index is 12.9. The van der Waals surface area contributed by atoms with Gasteiger partial charge in [0.25, 0.3) is 0 Å². The van der Waals surface area contributed by atoms with Crippen molar-refractivity contribution in [1.29, 1.82) is 0 Å². The van der Waals surface area contributed by atoms with Gasteiger partial charge in [0, 0.05) is 18.0 Å². The number of methoxy groups -OCH3 is 1. The van der Waals surface area contributed by atoms with Gasteiger partial charge >= 0.3 is 6.18 Å². The SMILES string of the molecule is COc1ncc(-c2cccc(OCc3cccc(C(F)(F)F)c3)c2)cc1NS(C)=O. The fourth-order valence-electron chi connectivity index (χ4n) is 2.77. The van der Waals surface area contributed by atoms with Gasteiger partial charge < -0.3 is 14.2 Å². The Hall–Kier alpha value is -3.07. The molecule has 0 aliphatic heterocycles. The van der Waals surface area contributed by atoms with Gasteiger partial charge in [-0.25, -0.2) is 9.19 Å². The first-order valence-electron chi connectivity index (χ1n) is 8.80. The van der Waals surface area contributed by atoms with Gasteiger partial charge in [-0.2, -0.15) is 13.2 Å². The van der Waals surface area contributed by atoms with Gasteiger partial charge in [-0.15, -0.1) is 0 Å². The molecule has 1 N–H and O–H groups in total. The molecule has 9 heteroatoms. The summed E-state index contributed by atoms with van der Waals surface area (Å²) < 4.78 is 63.7. The monoisotopic (exact) mass is 436 g/mol. The molecule has 5 nitrogen and oxygen atoms in total. The van der Waals surface area contributed by atoms with E-state index >= 15 is 0 Å². The first-order chi connectivity index (χ1) is 14.3. The molecule has 0 radical (unpaired) electrons. The van der Waals surface area contributed by atoms with Crippen molar-refractivity contribution in [1.82, 2.24) is 4.98 Å². The van der Waals surface area contributed by atoms with Gasteiger partial charge in [0.2, 0.25) is 5.88 Å². The van der Waals surface area contributed by atoms with Crippen molar-refractivity contribution in [3.63, 3.8) is 0 Å². The lowest BCUT2D eigenvalue weighted by Gasteiger charge is -2.12. The number of aromatic nitrogens is 1. The second kappa shape index (κ2) is 9.17. The molecular weight excluding hydrogens is 417 g/mol. The molecule has 0 amide bonds. The van der Waals surface area contributed by atoms with Crippen LogP contribution in [0, 0.1) is 0 Å². The predicted octanol–water partition coefficient (Wildman–Crippen LogP) is 5.06. The number of nitrogens with one attached hydrogen (secondary N) is 1. The number of pyridine rings is 1. The van der Waals surface area contributed by atoms with Crippen molar-refractivity contribution < 1.29 is 26.9 Å². The standard InChI is InChI=1S/C21H19F3N2O3S/c1-28-20-19(26-30(2)27)11-16(12-25-20)15-6-4-8-18(10-15)29-13-14-5-3-7-17(9-14)21(22,23)24/h3-12,26H,13H2,1-2H3. The summed E-state index contributed by atoms with van der Waals surface area (Å²) in [4.78, 5) is 4.22. The lowest BCUT2D eigenvalue weighted by atomic mass is 10.1. The van der Waals surface area contributed by atoms with Crippen LogP contribution in [0.15, 0.2) is 60.8 Å². The molecule has 3 aromatic rings. The largest absolute Gasteiger partial charge is 0.489 e. The minimum absolute atomic E-state index is 0.00411. The van der Waals surface area contributed by atoms with Crippen molar-refractivity contribution >= 4 is 16.7 Å². The van der Waals surface area contributed by atoms with Gasteiger partial charge in [-0.3, -0.25) is 0 Å². The number of anilines is 1. The van der Waals surface area contributed by atoms with Crippen LogP contribution in [0.25, 0.3) is 11.1 Å². The van der Waals surface area contributed by atoms with Gasteiger partial charge in [-0.05, 0) is 41.5 Å². The third-order valence-corrected chi connectivity index (χ3v) is 4.63. The Morgan fingerprint density at radius 3 is 2.53 bits per heavy atom. The fraction of sp³-hybridized carbons (Fsp3) is 0.190. The average molecular weight is 436 g/mol. The highest BCUT2D eigenvalue weighted by atomic mass is 32.2. The number of hydrogen-bond donors (Lipinski definition) is 1. The molecule has 0 fully saturated rings. The molecule has 1 heterocycles. The van der Waals surface area contributed by atoms with Crippen LogP contribution in [-0.4, -0.2) is 22.6 Å². The molecule has 2 aromatic carbocycles. The number of rotatable bonds is 7. The zero-order chi connectivity index (χ0) is 21.7. The van der Waals surface area contributed by atoms with Crippen molar-refractivity contribution in [2.24, 2.45) is 0 Å². The van der Waals surface area contributed by atoms with E-state index in [1.807, 2.05) is 6.07 Å². The maximum absolute atomic E-state index is 12.9. The summed E-state index contributed by atoms with van der Waals surface area (Å²) in [6.07, 6.45) is -1.30. The van der Waals surface area contributed by atoms with Crippen molar-refractivity contribution in [3.8, 4) is 22.8 Å². The highest BCUT2D eigenvalue weighted by Crippen LogP contribution is 2.31. The van der Waals surface area contributed by atoms with Crippen molar-refractivity contribution in [2.75, 3.05) is 18.1 Å². The maximum Gasteiger partial charge on any atom is 0.416 e. The molecule has 158 valence electrons. The number of hydrogen-bond acceptors (Lipinski definition) is 4. The van der Waals surface area contributed by atoms with Gasteiger partial charge in [0.1, 0.15) is 29.0 Å². The molecule has 0 aliphatic rings. The third-order valence-electron chi connectivity index (χ3n) is 4.13. The van der Waals surface area contributed by atoms with Crippen LogP contribution in [0.4, 0.5) is 18.9 Å². The van der Waals surface area contributed by atoms with Crippen LogP contribution in [0.3, 0.4) is 0 Å². The van der Waals surface area contributed by atoms with Crippen LogP contribution in [0.1, 0.15) is 11.1 Å². The van der Waals surface area contributed by atoms with E-state index in [-0.39, 0.29) is 6.61 Å². The van der Waals surface area contributed by atoms with Crippen molar-refractivity contribution in [3.05, 3.63) is 71.9 Å². The van der Waals surface area contributed by atoms with E-state index in [0.29, 0.717) is 22.9 Å². The number of halogens is 3. The molecule has 0 aliphatic carbocycles. The number of nitrogens with zero attached hydrogens (tertiary/aromatic N) is 1. The predicted molar refractivity (Wildman–Crippen MR) is 110 cm³/mol. The van der Waals surface area contributed by atoms with Gasteiger partial charge in [0.05, 0.1) is 12.7 Å². The first kappa shape index (κ1) is 21.6. The van der Waals surface area contributed by atoms with E-state index in [2.05, 4.69) is 9.71 Å². The normalized spacial score (nSPS) is 12.3. The minimum Gasteiger partial charge on any atom is -0.489 e. The lowest BCUT2D eigenvalue weighted by Crippen LogP contribution is -2.06. The molecular formula is C21H19F3N2O3S. The van der Waals surface area contributed by atoms with Crippen LogP contribution >= 0.6 is 0 Å². The number of ether oxygens (including phenoxy) is 2. The Morgan fingerprint density at radius 1 is 1.07 bits per heavy atom. The second-order valence-electron chi connectivity index (χ2n) is 6.35. The molecule has 1 atom stereocenters. The van der Waals surface area contributed by atoms with E-state index in [0.717, 1.165) is 23.3 Å². The quantitative estimate of drug-likeness (QED) is 0.562. The molecule has 1 aromatic heterocycles. The summed E-state index contributed by atoms with van der Waals surface area (Å²) in [7, 11) is 0.161. The first-order valence-corrected chi connectivity index (χ1v) is 10.4. The summed E-state index contributed by atoms with van der Waals surface area (Å²) >= 11 is 0. The number of benzene rings is 2. The Morgan fingerprint density at radius 2 is 1.83 bits per heavy atom. The smallest absolute Gasteiger partial charge is 0.416 e. The summed E-state index contributed by atoms with van der Waals surface area (Å²) in [6, 6.07) is 13.9. The summed E-state index contributed by atoms with van der Waals surface area (Å²) in [5.41, 5.74) is 1.68. The van der Waals surface area contributed by atoms with E-state index in [9.17, 15) is 17.4 Å². The van der Waals surface area contributed by atoms with Crippen LogP contribution in [0.5, 0.6) is 11.6 Å². The molecule has 0 saturated heterocycles. The Balaban J connectivity index is 1.79. The van der Waals surface area contributed by atoms with Crippen LogP contribution < -0.4 is 14.2 Å². The third kappa shape index (κ3) is 5.50. The van der Waals surface area contributed by atoms with E-state index in [1.165, 1.54) is 19.4 Å². The average Bonchev–Trinajstić information content (AvgIpc) is 2.71. The zero-order valence-corrected chi connectivity index (χ0v) is 17.0. The molecule has 1 unspecified atom stereocenters. The highest BCUT2D eigenvalue weighted by Gasteiger charge is 2.30. The van der Waals surface area contributed by atoms with Gasteiger partial charge in [-0.1, -0.05) is 24.3 Å². The van der Waals surface area contributed by atoms with Crippen molar-refractivity contribution in [2.45, 2.75) is 12.8 Å². The van der Waals surface area contributed by atoms with E-state index in [4.69, 9.17) is 9.47 Å². The fourth-order valence-corrected chi connectivity index (χ4v) is 3.23. The van der Waals surface area contributed by atoms with Crippen LogP contribution in [0.2, 0.25) is 0 Å². The van der Waals surface area contributed by atoms with Crippen LogP contribution in [-0.2, 0) is 23.8 Å². The Kier molecular flexibility index (Phi) is 6.61. The molecule has 3 rings (SSSR count). The minimum atomic E-state index is -4.40. The molecule has 30 heavy (non-hydrogen) atoms. The highest BCUT2D eigenvalue weighted by molar-refractivity contribution is 7.85. The lowest BCUT2D eigenvalue weighted by molar-refractivity contribution is -0.137. The Labute approximate surface area is 174 Å². The summed E-state index contributed by atoms with van der Waals surface area (Å²) in [6.45, 7) is -0.00411. The summed E-state index contributed by atoms with van der Waals surface area (Å²) in [5.74, 6) is 0.806. The molecule has 0 saturated carbocycles. The topological polar surface area (TPSA) is 60.5 Å². The van der Waals surface area contributed by atoms with E-state index in [1.54, 1.807) is 36.5 Å². The molecule has 0 bridgehead atoms. The summed E-state index contributed by atoms with van der Waals surface area (Å²) in [5, 5.41) is 0.